The van der Waals surface area contributed by atoms with Crippen LogP contribution in [0.3, 0.4) is 0 Å². The first-order chi connectivity index (χ1) is 13.0. The first kappa shape index (κ1) is 18.2. The second kappa shape index (κ2) is 8.18. The molecule has 0 atom stereocenters. The Morgan fingerprint density at radius 1 is 1.07 bits per heavy atom. The number of hydrogen-bond acceptors (Lipinski definition) is 6. The van der Waals surface area contributed by atoms with Crippen molar-refractivity contribution in [2.45, 2.75) is 13.5 Å². The fourth-order valence-corrected chi connectivity index (χ4v) is 2.60. The molecule has 0 saturated carbocycles. The van der Waals surface area contributed by atoms with Crippen molar-refractivity contribution in [3.63, 3.8) is 0 Å². The zero-order valence-electron chi connectivity index (χ0n) is 15.1. The van der Waals surface area contributed by atoms with Gasteiger partial charge < -0.3 is 20.5 Å². The minimum Gasteiger partial charge on any atom is -0.496 e. The Labute approximate surface area is 157 Å². The lowest BCUT2D eigenvalue weighted by Crippen LogP contribution is -2.06. The number of ether oxygens (including phenoxy) is 1. The molecule has 0 spiro atoms. The molecule has 2 aromatic carbocycles. The zero-order chi connectivity index (χ0) is 19.2. The van der Waals surface area contributed by atoms with Gasteiger partial charge in [-0.05, 0) is 37.3 Å². The number of hydrogen-bond donors (Lipinski definition) is 3. The predicted molar refractivity (Wildman–Crippen MR) is 104 cm³/mol. The highest BCUT2D eigenvalue weighted by atomic mass is 16.5. The number of aromatic carboxylic acids is 1. The van der Waals surface area contributed by atoms with Crippen molar-refractivity contribution in [3.8, 4) is 5.75 Å². The summed E-state index contributed by atoms with van der Waals surface area (Å²) in [5.41, 5.74) is 2.00. The molecular weight excluding hydrogens is 344 g/mol. The second-order valence-corrected chi connectivity index (χ2v) is 5.86. The average molecular weight is 364 g/mol. The van der Waals surface area contributed by atoms with E-state index in [1.54, 1.807) is 37.4 Å². The van der Waals surface area contributed by atoms with Crippen LogP contribution >= 0.6 is 0 Å². The van der Waals surface area contributed by atoms with Gasteiger partial charge in [-0.25, -0.2) is 14.8 Å². The Bertz CT molecular complexity index is 942. The predicted octanol–water partition coefficient (Wildman–Crippen LogP) is 3.85. The Hall–Kier alpha value is -3.61. The van der Waals surface area contributed by atoms with Crippen molar-refractivity contribution >= 4 is 23.3 Å². The normalized spacial score (nSPS) is 10.3. The lowest BCUT2D eigenvalue weighted by atomic mass is 10.2. The number of nitrogens with one attached hydrogen (secondary N) is 2. The highest BCUT2D eigenvalue weighted by Gasteiger charge is 2.06. The third-order valence-corrected chi connectivity index (χ3v) is 3.89. The first-order valence-electron chi connectivity index (χ1n) is 8.37. The van der Waals surface area contributed by atoms with Crippen molar-refractivity contribution < 1.29 is 14.6 Å². The first-order valence-corrected chi connectivity index (χ1v) is 8.37. The molecule has 7 heteroatoms. The van der Waals surface area contributed by atoms with Gasteiger partial charge in [0.2, 0.25) is 0 Å². The number of para-hydroxylation sites is 1. The van der Waals surface area contributed by atoms with E-state index in [1.165, 1.54) is 0 Å². The van der Waals surface area contributed by atoms with Crippen LogP contribution < -0.4 is 15.4 Å². The topological polar surface area (TPSA) is 96.4 Å². The smallest absolute Gasteiger partial charge is 0.335 e. The van der Waals surface area contributed by atoms with Crippen LogP contribution in [0.25, 0.3) is 0 Å². The number of nitrogens with zero attached hydrogens (tertiary/aromatic N) is 2. The molecule has 0 saturated heterocycles. The standard InChI is InChI=1S/C20H20N4O3/c1-13-22-18(21-12-15-5-3-4-6-17(15)27-2)11-19(23-13)24-16-9-7-14(8-10-16)20(25)26/h3-11H,12H2,1-2H3,(H,25,26)(H2,21,22,23,24). The molecule has 1 aromatic heterocycles. The molecule has 0 radical (unpaired) electrons. The summed E-state index contributed by atoms with van der Waals surface area (Å²) in [4.78, 5) is 19.7. The summed E-state index contributed by atoms with van der Waals surface area (Å²) >= 11 is 0. The number of aryl methyl sites for hydroxylation is 1. The maximum Gasteiger partial charge on any atom is 0.335 e. The number of methoxy groups -OCH3 is 1. The van der Waals surface area contributed by atoms with Crippen LogP contribution in [0.4, 0.5) is 17.3 Å². The summed E-state index contributed by atoms with van der Waals surface area (Å²) in [6, 6.07) is 16.1. The van der Waals surface area contributed by atoms with E-state index < -0.39 is 5.97 Å². The van der Waals surface area contributed by atoms with Gasteiger partial charge >= 0.3 is 5.97 Å². The number of benzene rings is 2. The van der Waals surface area contributed by atoms with Crippen LogP contribution in [0.1, 0.15) is 21.7 Å². The van der Waals surface area contributed by atoms with E-state index >= 15 is 0 Å². The number of carboxylic acid groups (broad SMARTS) is 1. The molecule has 1 heterocycles. The fraction of sp³-hybridized carbons (Fsp3) is 0.150. The molecule has 27 heavy (non-hydrogen) atoms. The van der Waals surface area contributed by atoms with Gasteiger partial charge in [0.25, 0.3) is 0 Å². The number of carboxylic acids is 1. The number of carbonyl (C=O) groups is 1. The quantitative estimate of drug-likeness (QED) is 0.586. The lowest BCUT2D eigenvalue weighted by molar-refractivity contribution is 0.0697. The molecular formula is C20H20N4O3. The van der Waals surface area contributed by atoms with E-state index in [4.69, 9.17) is 9.84 Å². The Morgan fingerprint density at radius 3 is 2.48 bits per heavy atom. The van der Waals surface area contributed by atoms with Gasteiger partial charge in [0.15, 0.2) is 0 Å². The van der Waals surface area contributed by atoms with Crippen LogP contribution in [0, 0.1) is 6.92 Å². The van der Waals surface area contributed by atoms with Crippen LogP contribution in [0.2, 0.25) is 0 Å². The van der Waals surface area contributed by atoms with E-state index in [1.807, 2.05) is 31.2 Å². The molecule has 0 aliphatic carbocycles. The van der Waals surface area contributed by atoms with Crippen molar-refractivity contribution in [3.05, 3.63) is 71.5 Å². The fourth-order valence-electron chi connectivity index (χ4n) is 2.60. The summed E-state index contributed by atoms with van der Waals surface area (Å²) in [5.74, 6) is 1.77. The summed E-state index contributed by atoms with van der Waals surface area (Å²) in [6.07, 6.45) is 0. The monoisotopic (exact) mass is 364 g/mol. The summed E-state index contributed by atoms with van der Waals surface area (Å²) < 4.78 is 5.36. The highest BCUT2D eigenvalue weighted by molar-refractivity contribution is 5.88. The summed E-state index contributed by atoms with van der Waals surface area (Å²) in [6.45, 7) is 2.38. The van der Waals surface area contributed by atoms with E-state index in [0.29, 0.717) is 24.0 Å². The summed E-state index contributed by atoms with van der Waals surface area (Å²) in [7, 11) is 1.64. The molecule has 0 bridgehead atoms. The van der Waals surface area contributed by atoms with Crippen molar-refractivity contribution in [1.29, 1.82) is 0 Å². The third-order valence-electron chi connectivity index (χ3n) is 3.89. The van der Waals surface area contributed by atoms with E-state index in [9.17, 15) is 4.79 Å². The van der Waals surface area contributed by atoms with Crippen molar-refractivity contribution in [1.82, 2.24) is 9.97 Å². The van der Waals surface area contributed by atoms with Crippen LogP contribution in [0.15, 0.2) is 54.6 Å². The third kappa shape index (κ3) is 4.72. The largest absolute Gasteiger partial charge is 0.496 e. The molecule has 3 aromatic rings. The maximum atomic E-state index is 10.9. The summed E-state index contributed by atoms with van der Waals surface area (Å²) in [5, 5.41) is 15.4. The molecule has 3 N–H and O–H groups in total. The lowest BCUT2D eigenvalue weighted by Gasteiger charge is -2.12. The van der Waals surface area contributed by atoms with Gasteiger partial charge in [0.1, 0.15) is 23.2 Å². The number of aromatic nitrogens is 2. The SMILES string of the molecule is COc1ccccc1CNc1cc(Nc2ccc(C(=O)O)cc2)nc(C)n1. The van der Waals surface area contributed by atoms with Gasteiger partial charge in [0, 0.05) is 23.9 Å². The number of anilines is 3. The minimum absolute atomic E-state index is 0.235. The average Bonchev–Trinajstić information content (AvgIpc) is 2.66. The van der Waals surface area contributed by atoms with Gasteiger partial charge in [-0.2, -0.15) is 0 Å². The van der Waals surface area contributed by atoms with Crippen molar-refractivity contribution in [2.75, 3.05) is 17.7 Å². The maximum absolute atomic E-state index is 10.9. The van der Waals surface area contributed by atoms with Crippen LogP contribution in [-0.4, -0.2) is 28.2 Å². The van der Waals surface area contributed by atoms with Crippen LogP contribution in [-0.2, 0) is 6.54 Å². The van der Waals surface area contributed by atoms with Gasteiger partial charge in [0.05, 0.1) is 12.7 Å². The highest BCUT2D eigenvalue weighted by Crippen LogP contribution is 2.21. The number of rotatable bonds is 7. The minimum atomic E-state index is -0.956. The van der Waals surface area contributed by atoms with Gasteiger partial charge in [-0.15, -0.1) is 0 Å². The van der Waals surface area contributed by atoms with E-state index in [-0.39, 0.29) is 5.56 Å². The molecule has 138 valence electrons. The Balaban J connectivity index is 1.73. The van der Waals surface area contributed by atoms with Gasteiger partial charge in [-0.1, -0.05) is 18.2 Å². The van der Waals surface area contributed by atoms with Crippen molar-refractivity contribution in [2.24, 2.45) is 0 Å². The Kier molecular flexibility index (Phi) is 5.51. The molecule has 0 aliphatic heterocycles. The molecule has 7 nitrogen and oxygen atoms in total. The molecule has 0 unspecified atom stereocenters. The van der Waals surface area contributed by atoms with E-state index in [0.717, 1.165) is 17.0 Å². The van der Waals surface area contributed by atoms with Crippen LogP contribution in [0.5, 0.6) is 5.75 Å². The molecule has 0 amide bonds. The molecule has 3 rings (SSSR count). The molecule has 0 fully saturated rings. The van der Waals surface area contributed by atoms with Gasteiger partial charge in [-0.3, -0.25) is 0 Å². The van der Waals surface area contributed by atoms with E-state index in [2.05, 4.69) is 20.6 Å². The zero-order valence-corrected chi connectivity index (χ0v) is 15.1. The Morgan fingerprint density at radius 2 is 1.78 bits per heavy atom. The molecule has 0 aliphatic rings. The second-order valence-electron chi connectivity index (χ2n) is 5.86.